The Hall–Kier alpha value is -6.45. The van der Waals surface area contributed by atoms with Crippen molar-refractivity contribution in [1.29, 1.82) is 0 Å². The van der Waals surface area contributed by atoms with Crippen molar-refractivity contribution < 1.29 is 0 Å². The first-order valence-electron chi connectivity index (χ1n) is 23.0. The molecule has 2 N–H and O–H groups in total. The average Bonchev–Trinajstić information content (AvgIpc) is 3.35. The molecule has 0 heterocycles. The lowest BCUT2D eigenvalue weighted by Gasteiger charge is -2.31. The zero-order valence-corrected chi connectivity index (χ0v) is 42.2. The molecule has 0 saturated heterocycles. The molecule has 3 nitrogen and oxygen atoms in total. The van der Waals surface area contributed by atoms with Crippen molar-refractivity contribution in [2.24, 2.45) is 16.3 Å². The maximum Gasteiger partial charge on any atom is 0.0622 e. The van der Waals surface area contributed by atoms with Crippen molar-refractivity contribution in [2.45, 2.75) is 88.0 Å². The predicted octanol–water partition coefficient (Wildman–Crippen LogP) is 17.1. The molecule has 3 aromatic carbocycles. The van der Waals surface area contributed by atoms with E-state index in [9.17, 15) is 0 Å². The Bertz CT molecular complexity index is 2170. The van der Waals surface area contributed by atoms with Crippen LogP contribution in [0.5, 0.6) is 0 Å². The second-order valence-corrected chi connectivity index (χ2v) is 15.2. The van der Waals surface area contributed by atoms with Gasteiger partial charge in [-0.05, 0) is 128 Å². The van der Waals surface area contributed by atoms with E-state index in [1.54, 1.807) is 6.08 Å². The Balaban J connectivity index is 0.000000946. The van der Waals surface area contributed by atoms with Crippen molar-refractivity contribution in [2.75, 3.05) is 14.1 Å². The fourth-order valence-corrected chi connectivity index (χ4v) is 7.08. The third-order valence-electron chi connectivity index (χ3n) is 10.7. The number of aliphatic imine (C=N–C) groups is 1. The number of rotatable bonds is 14. The predicted molar refractivity (Wildman–Crippen MR) is 298 cm³/mol. The van der Waals surface area contributed by atoms with Crippen LogP contribution in [0, 0.1) is 18.3 Å². The molecule has 0 aliphatic heterocycles. The molecular formula is C62H83N3. The molecule has 2 atom stereocenters. The van der Waals surface area contributed by atoms with Crippen molar-refractivity contribution in [3.63, 3.8) is 0 Å². The molecule has 0 fully saturated rings. The molecule has 2 aliphatic carbocycles. The number of nitrogens with one attached hydrogen (secondary N) is 2. The van der Waals surface area contributed by atoms with Crippen LogP contribution in [0.2, 0.25) is 0 Å². The number of hydrogen-bond acceptors (Lipinski definition) is 3. The van der Waals surface area contributed by atoms with Gasteiger partial charge in [-0.1, -0.05) is 193 Å². The normalized spacial score (nSPS) is 16.5. The number of likely N-dealkylation sites (N-methyl/N-ethyl adjacent to an activating group) is 1. The molecule has 2 unspecified atom stereocenters. The van der Waals surface area contributed by atoms with Gasteiger partial charge in [0.05, 0.1) is 5.70 Å². The molecule has 0 saturated carbocycles. The van der Waals surface area contributed by atoms with Gasteiger partial charge in [0.15, 0.2) is 0 Å². The highest BCUT2D eigenvalue weighted by Gasteiger charge is 2.26. The monoisotopic (exact) mass is 870 g/mol. The third kappa shape index (κ3) is 20.3. The van der Waals surface area contributed by atoms with E-state index in [1.165, 1.54) is 62.2 Å². The summed E-state index contributed by atoms with van der Waals surface area (Å²) in [5, 5.41) is 6.50. The Labute approximate surface area is 398 Å². The first kappa shape index (κ1) is 58.6. The summed E-state index contributed by atoms with van der Waals surface area (Å²) in [7, 11) is 3.92. The van der Waals surface area contributed by atoms with Crippen LogP contribution in [0.3, 0.4) is 0 Å². The van der Waals surface area contributed by atoms with Gasteiger partial charge in [-0.2, -0.15) is 0 Å². The highest BCUT2D eigenvalue weighted by Crippen LogP contribution is 2.38. The molecule has 2 aliphatic rings. The van der Waals surface area contributed by atoms with E-state index in [0.29, 0.717) is 11.6 Å². The molecule has 0 amide bonds. The number of hydrogen-bond donors (Lipinski definition) is 2. The molecule has 5 rings (SSSR count). The van der Waals surface area contributed by atoms with Gasteiger partial charge >= 0.3 is 0 Å². The minimum absolute atomic E-state index is 0.0451. The quantitative estimate of drug-likeness (QED) is 0.0962. The SMILES string of the molecule is C=C.C=C.C=C/C=C(\C=C/Cc1cc(C)cc(C2=CCC(C)(/C(=C/C)NC)C=C2)c1)NC.C=NC(=C)c1ccc(C(/C=C\C)=C/C)cc1.CC.CCc1ccc(C2=CCC(C)C=C2)cc1. The van der Waals surface area contributed by atoms with Gasteiger partial charge in [-0.3, -0.25) is 4.99 Å². The molecule has 3 aromatic rings. The van der Waals surface area contributed by atoms with Gasteiger partial charge < -0.3 is 10.6 Å². The highest BCUT2D eigenvalue weighted by atomic mass is 14.9. The molecule has 0 spiro atoms. The Kier molecular flexibility index (Phi) is 30.6. The van der Waals surface area contributed by atoms with E-state index in [2.05, 4.69) is 218 Å². The summed E-state index contributed by atoms with van der Waals surface area (Å²) in [6.45, 7) is 42.1. The molecule has 0 bridgehead atoms. The topological polar surface area (TPSA) is 36.4 Å². The summed E-state index contributed by atoms with van der Waals surface area (Å²) in [5.41, 5.74) is 15.8. The second-order valence-electron chi connectivity index (χ2n) is 15.2. The van der Waals surface area contributed by atoms with Crippen LogP contribution in [0.4, 0.5) is 0 Å². The van der Waals surface area contributed by atoms with E-state index in [-0.39, 0.29) is 5.41 Å². The molecule has 346 valence electrons. The highest BCUT2D eigenvalue weighted by molar-refractivity contribution is 5.77. The van der Waals surface area contributed by atoms with Crippen molar-refractivity contribution in [3.05, 3.63) is 242 Å². The molecule has 0 aromatic heterocycles. The van der Waals surface area contributed by atoms with Gasteiger partial charge in [0, 0.05) is 30.9 Å². The third-order valence-corrected chi connectivity index (χ3v) is 10.7. The minimum Gasteiger partial charge on any atom is -0.391 e. The Morgan fingerprint density at radius 1 is 0.800 bits per heavy atom. The largest absolute Gasteiger partial charge is 0.391 e. The molecule has 3 heteroatoms. The first-order chi connectivity index (χ1) is 31.5. The van der Waals surface area contributed by atoms with Crippen LogP contribution in [-0.2, 0) is 12.8 Å². The standard InChI is InChI=1S/C26H34N2.C15H17N.C15H18.C2H6.2C2H4/c1-7-10-24(27-5)12-9-11-21-17-20(3)18-23(19-21)22-13-15-26(4,16-14-22)25(8-2)28-6;1-5-7-13(6-2)15-10-8-14(9-11-15)12(3)16-4;1-3-13-6-10-15(11-7-13)14-8-4-12(2)5-9-14;3*1-2/h7-10,12-15,17-19,27-28H,1,11,16H2,2-6H3;5-11H,3-4H2,1-2H3;4,6-12H,3,5H2,1-2H3;1-2H3;2*1-2H2/b12-9-,24-10+,25-8-;7-5-,13-6+;;;;. The van der Waals surface area contributed by atoms with Crippen LogP contribution >= 0.6 is 0 Å². The first-order valence-corrected chi connectivity index (χ1v) is 23.0. The lowest BCUT2D eigenvalue weighted by molar-refractivity contribution is 0.487. The van der Waals surface area contributed by atoms with Crippen LogP contribution in [0.25, 0.3) is 22.4 Å². The summed E-state index contributed by atoms with van der Waals surface area (Å²) in [6.07, 6.45) is 34.5. The van der Waals surface area contributed by atoms with Gasteiger partial charge in [-0.15, -0.1) is 26.3 Å². The smallest absolute Gasteiger partial charge is 0.0622 e. The van der Waals surface area contributed by atoms with Crippen molar-refractivity contribution in [3.8, 4) is 0 Å². The van der Waals surface area contributed by atoms with Crippen LogP contribution < -0.4 is 10.6 Å². The lowest BCUT2D eigenvalue weighted by atomic mass is 9.77. The number of nitrogens with zero attached hydrogens (tertiary/aromatic N) is 1. The fourth-order valence-electron chi connectivity index (χ4n) is 7.08. The number of allylic oxidation sites excluding steroid dienone is 17. The number of aryl methyl sites for hydroxylation is 2. The molecule has 65 heavy (non-hydrogen) atoms. The Morgan fingerprint density at radius 2 is 1.43 bits per heavy atom. The summed E-state index contributed by atoms with van der Waals surface area (Å²) in [6, 6.07) is 23.9. The maximum atomic E-state index is 3.82. The Morgan fingerprint density at radius 3 is 1.91 bits per heavy atom. The molecular weight excluding hydrogens is 787 g/mol. The van der Waals surface area contributed by atoms with Crippen molar-refractivity contribution in [1.82, 2.24) is 10.6 Å². The lowest BCUT2D eigenvalue weighted by Crippen LogP contribution is -2.26. The number of benzene rings is 3. The van der Waals surface area contributed by atoms with Crippen LogP contribution in [0.15, 0.2) is 208 Å². The van der Waals surface area contributed by atoms with Crippen molar-refractivity contribution >= 4 is 29.1 Å². The van der Waals surface area contributed by atoms with Gasteiger partial charge in [-0.25, -0.2) is 0 Å². The summed E-state index contributed by atoms with van der Waals surface area (Å²) >= 11 is 0. The van der Waals surface area contributed by atoms with Crippen LogP contribution in [0.1, 0.15) is 107 Å². The van der Waals surface area contributed by atoms with E-state index < -0.39 is 0 Å². The zero-order valence-electron chi connectivity index (χ0n) is 42.2. The summed E-state index contributed by atoms with van der Waals surface area (Å²) < 4.78 is 0. The van der Waals surface area contributed by atoms with Crippen LogP contribution in [-0.4, -0.2) is 20.8 Å². The van der Waals surface area contributed by atoms with Gasteiger partial charge in [0.1, 0.15) is 0 Å². The summed E-state index contributed by atoms with van der Waals surface area (Å²) in [4.78, 5) is 3.82. The zero-order chi connectivity index (χ0) is 49.2. The summed E-state index contributed by atoms with van der Waals surface area (Å²) in [5.74, 6) is 0.698. The van der Waals surface area contributed by atoms with E-state index >= 15 is 0 Å². The van der Waals surface area contributed by atoms with E-state index in [0.717, 1.165) is 30.5 Å². The van der Waals surface area contributed by atoms with E-state index in [4.69, 9.17) is 0 Å². The second kappa shape index (κ2) is 34.0. The fraction of sp³-hybridized carbons (Fsp3) is 0.274. The van der Waals surface area contributed by atoms with Gasteiger partial charge in [0.25, 0.3) is 0 Å². The van der Waals surface area contributed by atoms with Gasteiger partial charge in [0.2, 0.25) is 0 Å². The maximum absolute atomic E-state index is 3.82. The van der Waals surface area contributed by atoms with E-state index in [1.807, 2.05) is 66.1 Å². The average molecular weight is 870 g/mol. The molecule has 0 radical (unpaired) electrons. The minimum atomic E-state index is 0.0451.